The van der Waals surface area contributed by atoms with Gasteiger partial charge in [-0.2, -0.15) is 0 Å². The largest absolute Gasteiger partial charge is 0.310 e. The van der Waals surface area contributed by atoms with Crippen LogP contribution in [0.15, 0.2) is 72.8 Å². The fourth-order valence-corrected chi connectivity index (χ4v) is 3.74. The van der Waals surface area contributed by atoms with E-state index in [2.05, 4.69) is 0 Å². The SMILES string of the molecule is C[C@@H]1C(=O)N(c2ccc(-c3ccccc3)cc2)CCN1Cc1c(F)cccc1F. The number of hydrogen-bond acceptors (Lipinski definition) is 2. The molecule has 0 N–H and O–H groups in total. The molecule has 0 radical (unpaired) electrons. The molecule has 0 spiro atoms. The number of hydrogen-bond donors (Lipinski definition) is 0. The van der Waals surface area contributed by atoms with Gasteiger partial charge in [-0.05, 0) is 42.3 Å². The average Bonchev–Trinajstić information content (AvgIpc) is 2.75. The Labute approximate surface area is 169 Å². The number of nitrogens with zero attached hydrogens (tertiary/aromatic N) is 2. The predicted molar refractivity (Wildman–Crippen MR) is 110 cm³/mol. The summed E-state index contributed by atoms with van der Waals surface area (Å²) in [5.74, 6) is -1.23. The summed E-state index contributed by atoms with van der Waals surface area (Å²) in [6, 6.07) is 21.3. The Kier molecular flexibility index (Phi) is 5.41. The minimum atomic E-state index is -0.580. The van der Waals surface area contributed by atoms with Gasteiger partial charge in [-0.3, -0.25) is 9.69 Å². The smallest absolute Gasteiger partial charge is 0.244 e. The highest BCUT2D eigenvalue weighted by Crippen LogP contribution is 2.26. The van der Waals surface area contributed by atoms with Crippen molar-refractivity contribution in [2.45, 2.75) is 19.5 Å². The van der Waals surface area contributed by atoms with E-state index in [1.165, 1.54) is 18.2 Å². The molecule has 1 atom stereocenters. The Morgan fingerprint density at radius 3 is 2.10 bits per heavy atom. The van der Waals surface area contributed by atoms with Gasteiger partial charge in [0.25, 0.3) is 0 Å². The number of halogens is 2. The van der Waals surface area contributed by atoms with Crippen LogP contribution in [0.3, 0.4) is 0 Å². The highest BCUT2D eigenvalue weighted by molar-refractivity contribution is 5.97. The van der Waals surface area contributed by atoms with Gasteiger partial charge in [0.2, 0.25) is 5.91 Å². The van der Waals surface area contributed by atoms with Crippen LogP contribution in [0, 0.1) is 11.6 Å². The lowest BCUT2D eigenvalue weighted by atomic mass is 10.0. The number of benzene rings is 3. The maximum absolute atomic E-state index is 14.0. The second kappa shape index (κ2) is 8.13. The molecule has 0 bridgehead atoms. The molecule has 0 unspecified atom stereocenters. The first-order valence-electron chi connectivity index (χ1n) is 9.68. The van der Waals surface area contributed by atoms with Gasteiger partial charge in [-0.25, -0.2) is 8.78 Å². The van der Waals surface area contributed by atoms with E-state index >= 15 is 0 Å². The maximum atomic E-state index is 14.0. The molecule has 1 heterocycles. The van der Waals surface area contributed by atoms with Gasteiger partial charge >= 0.3 is 0 Å². The molecule has 0 aromatic heterocycles. The summed E-state index contributed by atoms with van der Waals surface area (Å²) >= 11 is 0. The molecule has 1 aliphatic heterocycles. The summed E-state index contributed by atoms with van der Waals surface area (Å²) in [5.41, 5.74) is 3.05. The lowest BCUT2D eigenvalue weighted by molar-refractivity contribution is -0.125. The Bertz CT molecular complexity index is 985. The van der Waals surface area contributed by atoms with Crippen molar-refractivity contribution in [3.8, 4) is 11.1 Å². The van der Waals surface area contributed by atoms with E-state index in [-0.39, 0.29) is 18.0 Å². The topological polar surface area (TPSA) is 23.6 Å². The van der Waals surface area contributed by atoms with E-state index < -0.39 is 17.7 Å². The van der Waals surface area contributed by atoms with Crippen LogP contribution < -0.4 is 4.90 Å². The van der Waals surface area contributed by atoms with Gasteiger partial charge in [-0.1, -0.05) is 48.5 Å². The summed E-state index contributed by atoms with van der Waals surface area (Å²) in [6.45, 7) is 2.88. The molecule has 4 rings (SSSR count). The molecule has 0 saturated carbocycles. The highest BCUT2D eigenvalue weighted by atomic mass is 19.1. The number of amides is 1. The first-order valence-corrected chi connectivity index (χ1v) is 9.68. The molecule has 1 saturated heterocycles. The molecule has 3 aromatic carbocycles. The van der Waals surface area contributed by atoms with Crippen LogP contribution in [0.4, 0.5) is 14.5 Å². The van der Waals surface area contributed by atoms with Gasteiger partial charge in [-0.15, -0.1) is 0 Å². The second-order valence-electron chi connectivity index (χ2n) is 7.25. The first-order chi connectivity index (χ1) is 14.0. The van der Waals surface area contributed by atoms with Crippen molar-refractivity contribution in [2.75, 3.05) is 18.0 Å². The van der Waals surface area contributed by atoms with Crippen LogP contribution in [0.5, 0.6) is 0 Å². The average molecular weight is 392 g/mol. The molecule has 5 heteroatoms. The third-order valence-corrected chi connectivity index (χ3v) is 5.49. The number of carbonyl (C=O) groups excluding carboxylic acids is 1. The van der Waals surface area contributed by atoms with Crippen molar-refractivity contribution in [2.24, 2.45) is 0 Å². The Morgan fingerprint density at radius 1 is 0.828 bits per heavy atom. The normalized spacial score (nSPS) is 17.6. The van der Waals surface area contributed by atoms with Crippen molar-refractivity contribution in [3.05, 3.63) is 90.0 Å². The summed E-state index contributed by atoms with van der Waals surface area (Å²) in [7, 11) is 0. The van der Waals surface area contributed by atoms with Crippen molar-refractivity contribution in [1.82, 2.24) is 4.90 Å². The molecule has 0 aliphatic carbocycles. The van der Waals surface area contributed by atoms with Crippen LogP contribution in [-0.4, -0.2) is 29.9 Å². The van der Waals surface area contributed by atoms with E-state index in [0.717, 1.165) is 16.8 Å². The van der Waals surface area contributed by atoms with Crippen LogP contribution in [0.25, 0.3) is 11.1 Å². The summed E-state index contributed by atoms with van der Waals surface area (Å²) < 4.78 is 28.0. The minimum Gasteiger partial charge on any atom is -0.310 e. The molecule has 29 heavy (non-hydrogen) atoms. The standard InChI is InChI=1S/C24H22F2N2O/c1-17-24(29)28(15-14-27(17)16-21-22(25)8-5-9-23(21)26)20-12-10-19(11-13-20)18-6-3-2-4-7-18/h2-13,17H,14-16H2,1H3/t17-/m1/s1. The third kappa shape index (κ3) is 3.91. The second-order valence-corrected chi connectivity index (χ2v) is 7.25. The van der Waals surface area contributed by atoms with Crippen molar-refractivity contribution >= 4 is 11.6 Å². The molecule has 1 fully saturated rings. The van der Waals surface area contributed by atoms with Crippen LogP contribution in [0.1, 0.15) is 12.5 Å². The Morgan fingerprint density at radius 2 is 1.45 bits per heavy atom. The van der Waals surface area contributed by atoms with Gasteiger partial charge in [0, 0.05) is 30.9 Å². The third-order valence-electron chi connectivity index (χ3n) is 5.49. The lowest BCUT2D eigenvalue weighted by Crippen LogP contribution is -2.55. The number of anilines is 1. The molecule has 148 valence electrons. The van der Waals surface area contributed by atoms with E-state index in [9.17, 15) is 13.6 Å². The summed E-state index contributed by atoms with van der Waals surface area (Å²) in [4.78, 5) is 16.5. The zero-order chi connectivity index (χ0) is 20.4. The van der Waals surface area contributed by atoms with E-state index in [4.69, 9.17) is 0 Å². The zero-order valence-corrected chi connectivity index (χ0v) is 16.2. The lowest BCUT2D eigenvalue weighted by Gasteiger charge is -2.39. The number of piperazine rings is 1. The molecular formula is C24H22F2N2O. The van der Waals surface area contributed by atoms with Gasteiger partial charge < -0.3 is 4.90 Å². The van der Waals surface area contributed by atoms with Gasteiger partial charge in [0.05, 0.1) is 6.04 Å². The predicted octanol–water partition coefficient (Wildman–Crippen LogP) is 4.87. The highest BCUT2D eigenvalue weighted by Gasteiger charge is 2.33. The first kappa shape index (κ1) is 19.3. The van der Waals surface area contributed by atoms with Crippen LogP contribution in [0.2, 0.25) is 0 Å². The molecule has 3 nitrogen and oxygen atoms in total. The van der Waals surface area contributed by atoms with Gasteiger partial charge in [0.1, 0.15) is 11.6 Å². The Balaban J connectivity index is 1.49. The fraction of sp³-hybridized carbons (Fsp3) is 0.208. The summed E-state index contributed by atoms with van der Waals surface area (Å²) in [6.07, 6.45) is 0. The van der Waals surface area contributed by atoms with E-state index in [1.807, 2.05) is 59.5 Å². The van der Waals surface area contributed by atoms with E-state index in [1.54, 1.807) is 11.8 Å². The van der Waals surface area contributed by atoms with E-state index in [0.29, 0.717) is 13.1 Å². The van der Waals surface area contributed by atoms with Crippen LogP contribution in [-0.2, 0) is 11.3 Å². The van der Waals surface area contributed by atoms with Crippen molar-refractivity contribution in [1.29, 1.82) is 0 Å². The van der Waals surface area contributed by atoms with Crippen molar-refractivity contribution in [3.63, 3.8) is 0 Å². The molecular weight excluding hydrogens is 370 g/mol. The number of rotatable bonds is 4. The quantitative estimate of drug-likeness (QED) is 0.633. The van der Waals surface area contributed by atoms with Crippen molar-refractivity contribution < 1.29 is 13.6 Å². The molecule has 3 aromatic rings. The molecule has 1 aliphatic rings. The maximum Gasteiger partial charge on any atom is 0.244 e. The Hall–Kier alpha value is -3.05. The molecule has 1 amide bonds. The monoisotopic (exact) mass is 392 g/mol. The fourth-order valence-electron chi connectivity index (χ4n) is 3.74. The zero-order valence-electron chi connectivity index (χ0n) is 16.2. The van der Waals surface area contributed by atoms with Gasteiger partial charge in [0.15, 0.2) is 0 Å². The number of carbonyl (C=O) groups is 1. The summed E-state index contributed by atoms with van der Waals surface area (Å²) in [5, 5.41) is 0. The van der Waals surface area contributed by atoms with Crippen LogP contribution >= 0.6 is 0 Å². The minimum absolute atomic E-state index is 0.00724.